The van der Waals surface area contributed by atoms with Crippen molar-refractivity contribution in [2.45, 2.75) is 19.4 Å². The highest BCUT2D eigenvalue weighted by Crippen LogP contribution is 2.39. The van der Waals surface area contributed by atoms with E-state index in [1.54, 1.807) is 18.3 Å². The summed E-state index contributed by atoms with van der Waals surface area (Å²) < 4.78 is 5.68. The molecule has 0 aliphatic rings. The van der Waals surface area contributed by atoms with Crippen molar-refractivity contribution in [3.63, 3.8) is 0 Å². The third kappa shape index (κ3) is 3.44. The van der Waals surface area contributed by atoms with Crippen LogP contribution in [0.25, 0.3) is 22.2 Å². The van der Waals surface area contributed by atoms with Crippen LogP contribution in [0.4, 0.5) is 0 Å². The van der Waals surface area contributed by atoms with Gasteiger partial charge in [0.15, 0.2) is 0 Å². The highest BCUT2D eigenvalue weighted by molar-refractivity contribution is 6.36. The number of nitrogens with two attached hydrogens (primary N) is 1. The fourth-order valence-corrected chi connectivity index (χ4v) is 2.76. The zero-order valence-corrected chi connectivity index (χ0v) is 14.4. The number of aromatic nitrogens is 2. The molecule has 0 fully saturated rings. The van der Waals surface area contributed by atoms with Crippen molar-refractivity contribution in [2.24, 2.45) is 5.73 Å². The van der Waals surface area contributed by atoms with Crippen LogP contribution < -0.4 is 10.5 Å². The highest BCUT2D eigenvalue weighted by atomic mass is 35.5. The molecule has 0 aliphatic carbocycles. The number of aromatic amines is 1. The number of halogens is 2. The second-order valence-electron chi connectivity index (χ2n) is 6.14. The van der Waals surface area contributed by atoms with Crippen LogP contribution in [0.2, 0.25) is 10.0 Å². The third-order valence-corrected chi connectivity index (χ3v) is 3.97. The highest BCUT2D eigenvalue weighted by Gasteiger charge is 2.16. The maximum absolute atomic E-state index is 6.44. The zero-order valence-electron chi connectivity index (χ0n) is 12.9. The summed E-state index contributed by atoms with van der Waals surface area (Å²) in [7, 11) is 0. The monoisotopic (exact) mass is 349 g/mol. The first-order chi connectivity index (χ1) is 10.8. The average molecular weight is 350 g/mol. The molecule has 0 saturated carbocycles. The summed E-state index contributed by atoms with van der Waals surface area (Å²) in [6.45, 7) is 4.12. The summed E-state index contributed by atoms with van der Waals surface area (Å²) in [6.07, 6.45) is 3.61. The number of pyridine rings is 1. The number of hydrogen-bond acceptors (Lipinski definition) is 3. The number of benzene rings is 1. The van der Waals surface area contributed by atoms with Crippen molar-refractivity contribution in [1.29, 1.82) is 0 Å². The SMILES string of the molecule is CC(C)(N)COc1cc(Cl)c(-c2c[nH]c3ncccc23)cc1Cl. The van der Waals surface area contributed by atoms with Crippen molar-refractivity contribution in [1.82, 2.24) is 9.97 Å². The van der Waals surface area contributed by atoms with Gasteiger partial charge in [0.05, 0.1) is 10.0 Å². The molecule has 3 rings (SSSR count). The first-order valence-corrected chi connectivity index (χ1v) is 7.94. The van der Waals surface area contributed by atoms with Gasteiger partial charge in [-0.25, -0.2) is 4.98 Å². The molecule has 0 aliphatic heterocycles. The van der Waals surface area contributed by atoms with Gasteiger partial charge in [0.2, 0.25) is 0 Å². The number of ether oxygens (including phenoxy) is 1. The second-order valence-corrected chi connectivity index (χ2v) is 6.96. The Morgan fingerprint density at radius 2 is 2.00 bits per heavy atom. The van der Waals surface area contributed by atoms with Crippen LogP contribution in [0.5, 0.6) is 5.75 Å². The fourth-order valence-electron chi connectivity index (χ4n) is 2.29. The van der Waals surface area contributed by atoms with E-state index in [-0.39, 0.29) is 0 Å². The summed E-state index contributed by atoms with van der Waals surface area (Å²) in [6, 6.07) is 7.40. The van der Waals surface area contributed by atoms with Gasteiger partial charge in [0.1, 0.15) is 18.0 Å². The number of nitrogens with one attached hydrogen (secondary N) is 1. The van der Waals surface area contributed by atoms with E-state index in [2.05, 4.69) is 9.97 Å². The lowest BCUT2D eigenvalue weighted by Crippen LogP contribution is -2.38. The molecule has 23 heavy (non-hydrogen) atoms. The van der Waals surface area contributed by atoms with Crippen LogP contribution in [-0.2, 0) is 0 Å². The van der Waals surface area contributed by atoms with Gasteiger partial charge in [0.25, 0.3) is 0 Å². The Bertz CT molecular complexity index is 853. The van der Waals surface area contributed by atoms with Gasteiger partial charge < -0.3 is 15.5 Å². The summed E-state index contributed by atoms with van der Waals surface area (Å²) in [5.74, 6) is 0.525. The van der Waals surface area contributed by atoms with Gasteiger partial charge in [-0.3, -0.25) is 0 Å². The van der Waals surface area contributed by atoms with Crippen molar-refractivity contribution >= 4 is 34.2 Å². The Morgan fingerprint density at radius 3 is 2.74 bits per heavy atom. The molecule has 2 aromatic heterocycles. The first kappa shape index (κ1) is 16.1. The lowest BCUT2D eigenvalue weighted by molar-refractivity contribution is 0.243. The Kier molecular flexibility index (Phi) is 4.23. The van der Waals surface area contributed by atoms with Crippen LogP contribution in [0.3, 0.4) is 0 Å². The average Bonchev–Trinajstić information content (AvgIpc) is 2.91. The third-order valence-electron chi connectivity index (χ3n) is 3.36. The first-order valence-electron chi connectivity index (χ1n) is 7.18. The van der Waals surface area contributed by atoms with E-state index in [0.717, 1.165) is 22.2 Å². The van der Waals surface area contributed by atoms with Crippen LogP contribution >= 0.6 is 23.2 Å². The maximum Gasteiger partial charge on any atom is 0.139 e. The number of rotatable bonds is 4. The van der Waals surface area contributed by atoms with E-state index < -0.39 is 5.54 Å². The topological polar surface area (TPSA) is 63.9 Å². The molecule has 6 heteroatoms. The minimum absolute atomic E-state index is 0.347. The largest absolute Gasteiger partial charge is 0.490 e. The standard InChI is InChI=1S/C17H17Cl2N3O/c1-17(2,20)9-23-15-7-13(18)11(6-14(15)19)12-8-22-16-10(12)4-3-5-21-16/h3-8H,9,20H2,1-2H3,(H,21,22). The second kappa shape index (κ2) is 6.04. The molecule has 0 radical (unpaired) electrons. The molecular formula is C17H17Cl2N3O. The zero-order chi connectivity index (χ0) is 16.6. The number of fused-ring (bicyclic) bond motifs is 1. The van der Waals surface area contributed by atoms with Crippen LogP contribution in [-0.4, -0.2) is 22.1 Å². The number of nitrogens with zero attached hydrogens (tertiary/aromatic N) is 1. The predicted molar refractivity (Wildman–Crippen MR) is 95.3 cm³/mol. The molecule has 120 valence electrons. The minimum Gasteiger partial charge on any atom is -0.490 e. The number of H-pyrrole nitrogens is 1. The Hall–Kier alpha value is -1.75. The Balaban J connectivity index is 2.00. The summed E-state index contributed by atoms with van der Waals surface area (Å²) in [4.78, 5) is 7.42. The van der Waals surface area contributed by atoms with E-state index in [0.29, 0.717) is 22.4 Å². The molecule has 1 aromatic carbocycles. The smallest absolute Gasteiger partial charge is 0.139 e. The van der Waals surface area contributed by atoms with Crippen molar-refractivity contribution in [2.75, 3.05) is 6.61 Å². The molecule has 0 atom stereocenters. The van der Waals surface area contributed by atoms with Gasteiger partial charge in [-0.15, -0.1) is 0 Å². The van der Waals surface area contributed by atoms with E-state index in [1.807, 2.05) is 32.2 Å². The summed E-state index contributed by atoms with van der Waals surface area (Å²) >= 11 is 12.8. The molecule has 0 spiro atoms. The van der Waals surface area contributed by atoms with Gasteiger partial charge in [0, 0.05) is 40.5 Å². The predicted octanol–water partition coefficient (Wildman–Crippen LogP) is 4.65. The maximum atomic E-state index is 6.44. The van der Waals surface area contributed by atoms with Crippen molar-refractivity contribution in [3.05, 3.63) is 46.7 Å². The summed E-state index contributed by atoms with van der Waals surface area (Å²) in [5.41, 5.74) is 8.07. The normalized spacial score (nSPS) is 11.9. The van der Waals surface area contributed by atoms with Crippen molar-refractivity contribution in [3.8, 4) is 16.9 Å². The van der Waals surface area contributed by atoms with E-state index >= 15 is 0 Å². The lowest BCUT2D eigenvalue weighted by atomic mass is 10.1. The molecule has 0 bridgehead atoms. The number of hydrogen-bond donors (Lipinski definition) is 2. The van der Waals surface area contributed by atoms with E-state index in [1.165, 1.54) is 0 Å². The molecular weight excluding hydrogens is 333 g/mol. The van der Waals surface area contributed by atoms with E-state index in [9.17, 15) is 0 Å². The fraction of sp³-hybridized carbons (Fsp3) is 0.235. The molecule has 0 amide bonds. The van der Waals surface area contributed by atoms with Gasteiger partial charge in [-0.1, -0.05) is 23.2 Å². The van der Waals surface area contributed by atoms with Crippen LogP contribution in [0, 0.1) is 0 Å². The van der Waals surface area contributed by atoms with Crippen LogP contribution in [0.1, 0.15) is 13.8 Å². The molecule has 0 unspecified atom stereocenters. The van der Waals surface area contributed by atoms with E-state index in [4.69, 9.17) is 33.7 Å². The van der Waals surface area contributed by atoms with Gasteiger partial charge >= 0.3 is 0 Å². The quantitative estimate of drug-likeness (QED) is 0.720. The molecule has 2 heterocycles. The molecule has 4 nitrogen and oxygen atoms in total. The minimum atomic E-state index is -0.447. The Morgan fingerprint density at radius 1 is 1.22 bits per heavy atom. The van der Waals surface area contributed by atoms with Crippen molar-refractivity contribution < 1.29 is 4.74 Å². The summed E-state index contributed by atoms with van der Waals surface area (Å²) in [5, 5.41) is 2.04. The lowest BCUT2D eigenvalue weighted by Gasteiger charge is -2.20. The van der Waals surface area contributed by atoms with Crippen LogP contribution in [0.15, 0.2) is 36.7 Å². The van der Waals surface area contributed by atoms with Gasteiger partial charge in [-0.05, 0) is 32.0 Å². The Labute approximate surface area is 144 Å². The van der Waals surface area contributed by atoms with Gasteiger partial charge in [-0.2, -0.15) is 0 Å². The molecule has 3 N–H and O–H groups in total. The molecule has 0 saturated heterocycles. The molecule has 3 aromatic rings.